The second kappa shape index (κ2) is 7.51. The summed E-state index contributed by atoms with van der Waals surface area (Å²) in [5.41, 5.74) is -2.04. The van der Waals surface area contributed by atoms with Gasteiger partial charge in [0.05, 0.1) is 21.8 Å². The van der Waals surface area contributed by atoms with Gasteiger partial charge in [0.25, 0.3) is 5.91 Å². The van der Waals surface area contributed by atoms with Crippen LogP contribution in [0.25, 0.3) is 0 Å². The third-order valence-corrected chi connectivity index (χ3v) is 5.11. The van der Waals surface area contributed by atoms with Crippen molar-refractivity contribution in [1.29, 1.82) is 0 Å². The molecule has 1 fully saturated rings. The van der Waals surface area contributed by atoms with Crippen LogP contribution < -0.4 is 0 Å². The molecule has 1 amide bonds. The van der Waals surface area contributed by atoms with Crippen LogP contribution in [0.3, 0.4) is 0 Å². The van der Waals surface area contributed by atoms with Crippen LogP contribution in [0, 0.1) is 5.92 Å². The highest BCUT2D eigenvalue weighted by atomic mass is 35.5. The van der Waals surface area contributed by atoms with Crippen LogP contribution in [0.15, 0.2) is 18.2 Å². The molecule has 2 rings (SSSR count). The predicted octanol–water partition coefficient (Wildman–Crippen LogP) is 3.61. The lowest BCUT2D eigenvalue weighted by Crippen LogP contribution is -2.52. The molecule has 0 radical (unpaired) electrons. The zero-order valence-corrected chi connectivity index (χ0v) is 14.8. The molecule has 1 aromatic rings. The van der Waals surface area contributed by atoms with E-state index in [1.54, 1.807) is 7.11 Å². The Labute approximate surface area is 149 Å². The molecule has 1 N–H and O–H groups in total. The van der Waals surface area contributed by atoms with Crippen LogP contribution in [0.4, 0.5) is 13.2 Å². The molecule has 0 aromatic heterocycles. The number of amides is 1. The Hall–Kier alpha value is -1.31. The summed E-state index contributed by atoms with van der Waals surface area (Å²) in [6, 6.07) is 2.71. The molecule has 0 saturated carbocycles. The average Bonchev–Trinajstić information content (AvgIpc) is 2.54. The van der Waals surface area contributed by atoms with E-state index in [9.17, 15) is 23.1 Å². The number of nitrogens with zero attached hydrogens (tertiary/aromatic N) is 1. The van der Waals surface area contributed by atoms with Gasteiger partial charge in [0.2, 0.25) is 0 Å². The van der Waals surface area contributed by atoms with Crippen molar-refractivity contribution in [2.24, 2.45) is 5.92 Å². The van der Waals surface area contributed by atoms with Gasteiger partial charge in [-0.25, -0.2) is 0 Å². The first-order valence-electron chi connectivity index (χ1n) is 7.96. The van der Waals surface area contributed by atoms with Crippen molar-refractivity contribution in [3.8, 4) is 0 Å². The molecule has 140 valence electrons. The first kappa shape index (κ1) is 20.0. The molecule has 1 aromatic carbocycles. The zero-order chi connectivity index (χ0) is 18.8. The molecule has 1 aliphatic rings. The smallest absolute Gasteiger partial charge is 0.389 e. The SMILES string of the molecule is COCC[C@@]1(O)CCN(C(=O)c2cc(C(F)(F)F)ccc2Cl)C[C@@H]1C. The normalized spacial score (nSPS) is 24.4. The van der Waals surface area contributed by atoms with Gasteiger partial charge in [-0.2, -0.15) is 13.2 Å². The van der Waals surface area contributed by atoms with Gasteiger partial charge in [0.15, 0.2) is 0 Å². The quantitative estimate of drug-likeness (QED) is 0.869. The van der Waals surface area contributed by atoms with Crippen LogP contribution in [0.5, 0.6) is 0 Å². The van der Waals surface area contributed by atoms with Crippen LogP contribution in [0.1, 0.15) is 35.7 Å². The highest BCUT2D eigenvalue weighted by Crippen LogP contribution is 2.34. The summed E-state index contributed by atoms with van der Waals surface area (Å²) in [4.78, 5) is 14.1. The van der Waals surface area contributed by atoms with Crippen molar-refractivity contribution in [2.45, 2.75) is 31.5 Å². The van der Waals surface area contributed by atoms with E-state index in [4.69, 9.17) is 16.3 Å². The van der Waals surface area contributed by atoms with E-state index >= 15 is 0 Å². The van der Waals surface area contributed by atoms with Crippen LogP contribution >= 0.6 is 11.6 Å². The van der Waals surface area contributed by atoms with Gasteiger partial charge in [-0.3, -0.25) is 4.79 Å². The second-order valence-corrected chi connectivity index (χ2v) is 6.85. The van der Waals surface area contributed by atoms with Crippen LogP contribution in [0.2, 0.25) is 5.02 Å². The molecule has 0 bridgehead atoms. The van der Waals surface area contributed by atoms with Crippen molar-refractivity contribution < 1.29 is 27.8 Å². The van der Waals surface area contributed by atoms with Crippen LogP contribution in [-0.4, -0.2) is 48.3 Å². The van der Waals surface area contributed by atoms with E-state index in [1.165, 1.54) is 4.90 Å². The largest absolute Gasteiger partial charge is 0.416 e. The monoisotopic (exact) mass is 379 g/mol. The molecule has 1 heterocycles. The van der Waals surface area contributed by atoms with E-state index < -0.39 is 23.2 Å². The van der Waals surface area contributed by atoms with E-state index in [-0.39, 0.29) is 29.6 Å². The number of methoxy groups -OCH3 is 1. The van der Waals surface area contributed by atoms with Crippen molar-refractivity contribution in [2.75, 3.05) is 26.8 Å². The predicted molar refractivity (Wildman–Crippen MR) is 87.6 cm³/mol. The second-order valence-electron chi connectivity index (χ2n) is 6.44. The Kier molecular flexibility index (Phi) is 6.01. The number of piperidine rings is 1. The van der Waals surface area contributed by atoms with Gasteiger partial charge in [0.1, 0.15) is 0 Å². The van der Waals surface area contributed by atoms with Crippen molar-refractivity contribution in [3.05, 3.63) is 34.3 Å². The third-order valence-electron chi connectivity index (χ3n) is 4.78. The first-order valence-corrected chi connectivity index (χ1v) is 8.33. The standard InChI is InChI=1S/C17H21ClF3NO3/c1-11-10-22(7-5-16(11,24)6-8-25-2)15(23)13-9-12(17(19,20)21)3-4-14(13)18/h3-4,9,11,24H,5-8,10H2,1-2H3/t11-,16-/m0/s1. The van der Waals surface area contributed by atoms with Gasteiger partial charge in [-0.15, -0.1) is 0 Å². The molecule has 1 saturated heterocycles. The number of hydrogen-bond donors (Lipinski definition) is 1. The van der Waals surface area contributed by atoms with Crippen molar-refractivity contribution in [1.82, 2.24) is 4.90 Å². The number of aliphatic hydroxyl groups is 1. The van der Waals surface area contributed by atoms with Gasteiger partial charge < -0.3 is 14.7 Å². The lowest BCUT2D eigenvalue weighted by atomic mass is 9.79. The van der Waals surface area contributed by atoms with Crippen molar-refractivity contribution >= 4 is 17.5 Å². The summed E-state index contributed by atoms with van der Waals surface area (Å²) in [6.07, 6.45) is -3.77. The molecule has 0 spiro atoms. The van der Waals surface area contributed by atoms with Gasteiger partial charge in [0, 0.05) is 32.7 Å². The fourth-order valence-electron chi connectivity index (χ4n) is 3.04. The maximum absolute atomic E-state index is 12.9. The average molecular weight is 380 g/mol. The van der Waals surface area contributed by atoms with E-state index in [0.29, 0.717) is 19.4 Å². The molecule has 1 aliphatic heterocycles. The molecule has 2 atom stereocenters. The molecule has 0 aliphatic carbocycles. The minimum atomic E-state index is -4.55. The Balaban J connectivity index is 2.17. The van der Waals surface area contributed by atoms with E-state index in [1.807, 2.05) is 6.92 Å². The summed E-state index contributed by atoms with van der Waals surface area (Å²) >= 11 is 5.94. The molecule has 25 heavy (non-hydrogen) atoms. The Morgan fingerprint density at radius 2 is 2.16 bits per heavy atom. The number of benzene rings is 1. The molecule has 0 unspecified atom stereocenters. The number of ether oxygens (including phenoxy) is 1. The maximum Gasteiger partial charge on any atom is 0.416 e. The molecule has 8 heteroatoms. The Morgan fingerprint density at radius 3 is 2.72 bits per heavy atom. The maximum atomic E-state index is 12.9. The van der Waals surface area contributed by atoms with E-state index in [0.717, 1.165) is 18.2 Å². The number of hydrogen-bond acceptors (Lipinski definition) is 3. The summed E-state index contributed by atoms with van der Waals surface area (Å²) < 4.78 is 43.6. The number of carbonyl (C=O) groups excluding carboxylic acids is 1. The number of likely N-dealkylation sites (tertiary alicyclic amines) is 1. The first-order chi connectivity index (χ1) is 11.6. The minimum absolute atomic E-state index is 0.0223. The minimum Gasteiger partial charge on any atom is -0.389 e. The number of halogens is 4. The highest BCUT2D eigenvalue weighted by molar-refractivity contribution is 6.33. The van der Waals surface area contributed by atoms with Gasteiger partial charge >= 0.3 is 6.18 Å². The lowest BCUT2D eigenvalue weighted by molar-refractivity contribution is -0.137. The molecular formula is C17H21ClF3NO3. The Morgan fingerprint density at radius 1 is 1.48 bits per heavy atom. The lowest BCUT2D eigenvalue weighted by Gasteiger charge is -2.43. The fourth-order valence-corrected chi connectivity index (χ4v) is 3.24. The summed E-state index contributed by atoms with van der Waals surface area (Å²) in [5.74, 6) is -0.790. The summed E-state index contributed by atoms with van der Waals surface area (Å²) in [6.45, 7) is 2.69. The van der Waals surface area contributed by atoms with Crippen molar-refractivity contribution in [3.63, 3.8) is 0 Å². The highest BCUT2D eigenvalue weighted by Gasteiger charge is 2.40. The van der Waals surface area contributed by atoms with Gasteiger partial charge in [-0.05, 0) is 31.0 Å². The van der Waals surface area contributed by atoms with Gasteiger partial charge in [-0.1, -0.05) is 18.5 Å². The zero-order valence-electron chi connectivity index (χ0n) is 14.1. The number of rotatable bonds is 4. The topological polar surface area (TPSA) is 49.8 Å². The molecule has 4 nitrogen and oxygen atoms in total. The Bertz CT molecular complexity index is 638. The molecular weight excluding hydrogens is 359 g/mol. The summed E-state index contributed by atoms with van der Waals surface area (Å²) in [5, 5.41) is 10.6. The summed E-state index contributed by atoms with van der Waals surface area (Å²) in [7, 11) is 1.54. The van der Waals surface area contributed by atoms with Crippen LogP contribution in [-0.2, 0) is 10.9 Å². The fraction of sp³-hybridized carbons (Fsp3) is 0.588. The third kappa shape index (κ3) is 4.46. The van der Waals surface area contributed by atoms with E-state index in [2.05, 4.69) is 0 Å². The number of carbonyl (C=O) groups is 1. The number of alkyl halides is 3.